The third-order valence-electron chi connectivity index (χ3n) is 3.78. The second-order valence-corrected chi connectivity index (χ2v) is 5.24. The molecule has 2 aromatic heterocycles. The number of fused-ring (bicyclic) bond motifs is 2. The van der Waals surface area contributed by atoms with Crippen LogP contribution in [0.25, 0.3) is 21.8 Å². The van der Waals surface area contributed by atoms with E-state index in [1.165, 1.54) is 0 Å². The van der Waals surface area contributed by atoms with Crippen molar-refractivity contribution in [3.05, 3.63) is 78.6 Å². The summed E-state index contributed by atoms with van der Waals surface area (Å²) in [5.41, 5.74) is 4.31. The lowest BCUT2D eigenvalue weighted by Crippen LogP contribution is -3.00. The van der Waals surface area contributed by atoms with Crippen LogP contribution in [0.3, 0.4) is 0 Å². The van der Waals surface area contributed by atoms with E-state index in [9.17, 15) is 0 Å². The number of anilines is 1. The number of nitrogens with one attached hydrogen (secondary N) is 1. The van der Waals surface area contributed by atoms with E-state index in [2.05, 4.69) is 40.6 Å². The molecule has 1 N–H and O–H groups in total. The standard InChI is InChI=1S/C19H15N3.ClH/c1-3-9-17-15(7-1)19(16-8-2-4-10-18(16)22-17)21-13-14-6-5-11-20-12-14;/h1-12H,13H2,(H,21,22);1H/p-1. The fourth-order valence-corrected chi connectivity index (χ4v) is 2.72. The van der Waals surface area contributed by atoms with Gasteiger partial charge in [0.2, 0.25) is 0 Å². The van der Waals surface area contributed by atoms with E-state index in [-0.39, 0.29) is 12.4 Å². The number of rotatable bonds is 3. The average molecular weight is 321 g/mol. The maximum absolute atomic E-state index is 4.74. The van der Waals surface area contributed by atoms with Gasteiger partial charge in [-0.1, -0.05) is 42.5 Å². The Morgan fingerprint density at radius 2 is 1.43 bits per heavy atom. The van der Waals surface area contributed by atoms with E-state index in [1.807, 2.05) is 36.5 Å². The molecule has 2 aromatic carbocycles. The molecule has 0 radical (unpaired) electrons. The molecule has 3 nitrogen and oxygen atoms in total. The van der Waals surface area contributed by atoms with E-state index in [0.29, 0.717) is 0 Å². The van der Waals surface area contributed by atoms with E-state index < -0.39 is 0 Å². The zero-order valence-corrected chi connectivity index (χ0v) is 13.2. The Hall–Kier alpha value is -2.65. The maximum Gasteiger partial charge on any atom is 0.0730 e. The molecular weight excluding hydrogens is 306 g/mol. The zero-order chi connectivity index (χ0) is 14.8. The highest BCUT2D eigenvalue weighted by Gasteiger charge is 2.08. The normalized spacial score (nSPS) is 10.4. The van der Waals surface area contributed by atoms with Crippen LogP contribution in [0.4, 0.5) is 5.69 Å². The summed E-state index contributed by atoms with van der Waals surface area (Å²) >= 11 is 0. The molecule has 0 aliphatic carbocycles. The van der Waals surface area contributed by atoms with E-state index in [0.717, 1.165) is 39.6 Å². The van der Waals surface area contributed by atoms with Gasteiger partial charge in [0, 0.05) is 29.7 Å². The van der Waals surface area contributed by atoms with Crippen LogP contribution in [0.2, 0.25) is 0 Å². The molecule has 0 spiro atoms. The predicted octanol–water partition coefficient (Wildman–Crippen LogP) is 1.40. The molecule has 4 heteroatoms. The van der Waals surface area contributed by atoms with Gasteiger partial charge >= 0.3 is 0 Å². The molecule has 0 unspecified atom stereocenters. The molecule has 0 bridgehead atoms. The lowest BCUT2D eigenvalue weighted by molar-refractivity contribution is -0.00000435. The Labute approximate surface area is 140 Å². The Kier molecular flexibility index (Phi) is 4.40. The molecule has 2 heterocycles. The van der Waals surface area contributed by atoms with Crippen LogP contribution in [0.5, 0.6) is 0 Å². The van der Waals surface area contributed by atoms with Gasteiger partial charge in [-0.05, 0) is 23.8 Å². The summed E-state index contributed by atoms with van der Waals surface area (Å²) in [6.45, 7) is 0.742. The van der Waals surface area contributed by atoms with Gasteiger partial charge in [-0.15, -0.1) is 0 Å². The molecule has 0 aliphatic rings. The number of hydrogen-bond acceptors (Lipinski definition) is 3. The van der Waals surface area contributed by atoms with Gasteiger partial charge in [0.1, 0.15) is 0 Å². The molecule has 0 saturated carbocycles. The third-order valence-corrected chi connectivity index (χ3v) is 3.78. The summed E-state index contributed by atoms with van der Waals surface area (Å²) in [5, 5.41) is 5.85. The molecule has 23 heavy (non-hydrogen) atoms. The highest BCUT2D eigenvalue weighted by Crippen LogP contribution is 2.30. The van der Waals surface area contributed by atoms with Gasteiger partial charge in [0.25, 0.3) is 0 Å². The molecule has 0 aliphatic heterocycles. The Bertz CT molecular complexity index is 885. The number of halogens is 1. The second-order valence-electron chi connectivity index (χ2n) is 5.24. The topological polar surface area (TPSA) is 37.8 Å². The van der Waals surface area contributed by atoms with Crippen molar-refractivity contribution in [1.82, 2.24) is 9.97 Å². The number of pyridine rings is 2. The van der Waals surface area contributed by atoms with Crippen molar-refractivity contribution < 1.29 is 12.4 Å². The first kappa shape index (κ1) is 15.3. The Morgan fingerprint density at radius 1 is 0.783 bits per heavy atom. The number of nitrogens with zero attached hydrogens (tertiary/aromatic N) is 2. The Balaban J connectivity index is 0.00000156. The van der Waals surface area contributed by atoms with Crippen molar-refractivity contribution in [3.63, 3.8) is 0 Å². The number of hydrogen-bond donors (Lipinski definition) is 1. The SMILES string of the molecule is [Cl-].c1cncc(CNc2c3ccccc3nc3ccccc23)c1. The van der Waals surface area contributed by atoms with Crippen molar-refractivity contribution in [2.24, 2.45) is 0 Å². The lowest BCUT2D eigenvalue weighted by Gasteiger charge is -2.13. The van der Waals surface area contributed by atoms with Crippen LogP contribution < -0.4 is 17.7 Å². The minimum Gasteiger partial charge on any atom is -1.00 e. The molecule has 0 saturated heterocycles. The highest BCUT2D eigenvalue weighted by atomic mass is 35.5. The number of benzene rings is 2. The van der Waals surface area contributed by atoms with Crippen LogP contribution in [0.15, 0.2) is 73.1 Å². The van der Waals surface area contributed by atoms with Gasteiger partial charge < -0.3 is 17.7 Å². The second kappa shape index (κ2) is 6.63. The van der Waals surface area contributed by atoms with Crippen LogP contribution in [0, 0.1) is 0 Å². The van der Waals surface area contributed by atoms with Crippen LogP contribution in [-0.4, -0.2) is 9.97 Å². The summed E-state index contributed by atoms with van der Waals surface area (Å²) in [6, 6.07) is 20.5. The largest absolute Gasteiger partial charge is 1.00 e. The first-order valence-corrected chi connectivity index (χ1v) is 7.32. The summed E-state index contributed by atoms with van der Waals surface area (Å²) in [6.07, 6.45) is 3.68. The minimum absolute atomic E-state index is 0. The monoisotopic (exact) mass is 320 g/mol. The summed E-state index contributed by atoms with van der Waals surface area (Å²) < 4.78 is 0. The fourth-order valence-electron chi connectivity index (χ4n) is 2.72. The van der Waals surface area contributed by atoms with Crippen molar-refractivity contribution in [3.8, 4) is 0 Å². The predicted molar refractivity (Wildman–Crippen MR) is 90.8 cm³/mol. The molecule has 4 aromatic rings. The molecule has 114 valence electrons. The van der Waals surface area contributed by atoms with Crippen molar-refractivity contribution in [2.45, 2.75) is 6.54 Å². The van der Waals surface area contributed by atoms with Crippen molar-refractivity contribution in [1.29, 1.82) is 0 Å². The van der Waals surface area contributed by atoms with Crippen LogP contribution in [0.1, 0.15) is 5.56 Å². The summed E-state index contributed by atoms with van der Waals surface area (Å²) in [7, 11) is 0. The van der Waals surface area contributed by atoms with Gasteiger partial charge in [-0.2, -0.15) is 0 Å². The third kappa shape index (κ3) is 2.96. The zero-order valence-electron chi connectivity index (χ0n) is 12.4. The highest BCUT2D eigenvalue weighted by molar-refractivity contribution is 6.07. The summed E-state index contributed by atoms with van der Waals surface area (Å²) in [5.74, 6) is 0. The van der Waals surface area contributed by atoms with Gasteiger partial charge in [-0.25, -0.2) is 4.98 Å². The minimum atomic E-state index is 0. The number of para-hydroxylation sites is 2. The molecular formula is C19H15ClN3-. The van der Waals surface area contributed by atoms with E-state index in [4.69, 9.17) is 4.98 Å². The van der Waals surface area contributed by atoms with Gasteiger partial charge in [0.15, 0.2) is 0 Å². The Morgan fingerprint density at radius 3 is 2.04 bits per heavy atom. The smallest absolute Gasteiger partial charge is 0.0730 e. The van der Waals surface area contributed by atoms with Crippen molar-refractivity contribution >= 4 is 27.5 Å². The quantitative estimate of drug-likeness (QED) is 0.580. The summed E-state index contributed by atoms with van der Waals surface area (Å²) in [4.78, 5) is 8.91. The molecule has 0 amide bonds. The van der Waals surface area contributed by atoms with Gasteiger partial charge in [-0.3, -0.25) is 4.98 Å². The number of aromatic nitrogens is 2. The first-order chi connectivity index (χ1) is 10.9. The molecule has 0 atom stereocenters. The van der Waals surface area contributed by atoms with Crippen LogP contribution in [-0.2, 0) is 6.54 Å². The lowest BCUT2D eigenvalue weighted by atomic mass is 10.1. The van der Waals surface area contributed by atoms with Crippen LogP contribution >= 0.6 is 0 Å². The maximum atomic E-state index is 4.74. The van der Waals surface area contributed by atoms with Crippen molar-refractivity contribution in [2.75, 3.05) is 5.32 Å². The van der Waals surface area contributed by atoms with E-state index >= 15 is 0 Å². The van der Waals surface area contributed by atoms with Gasteiger partial charge in [0.05, 0.1) is 16.7 Å². The fraction of sp³-hybridized carbons (Fsp3) is 0.0526. The molecule has 4 rings (SSSR count). The average Bonchev–Trinajstić information content (AvgIpc) is 2.59. The first-order valence-electron chi connectivity index (χ1n) is 7.32. The molecule has 0 fully saturated rings. The van der Waals surface area contributed by atoms with E-state index in [1.54, 1.807) is 6.20 Å².